The zero-order valence-corrected chi connectivity index (χ0v) is 9.60. The molecule has 1 atom stereocenters. The van der Waals surface area contributed by atoms with Crippen LogP contribution in [0.5, 0.6) is 0 Å². The van der Waals surface area contributed by atoms with Gasteiger partial charge in [0.15, 0.2) is 0 Å². The maximum Gasteiger partial charge on any atom is 0.431 e. The van der Waals surface area contributed by atoms with E-state index in [1.54, 1.807) is 0 Å². The van der Waals surface area contributed by atoms with E-state index < -0.39 is 34.5 Å². The molecule has 0 unspecified atom stereocenters. The average Bonchev–Trinajstić information content (AvgIpc) is 1.97. The van der Waals surface area contributed by atoms with Crippen molar-refractivity contribution in [1.29, 1.82) is 0 Å². The van der Waals surface area contributed by atoms with Crippen LogP contribution in [0.1, 0.15) is 6.42 Å². The monoisotopic (exact) mass is 392 g/mol. The molecule has 0 amide bonds. The second kappa shape index (κ2) is 4.61. The smallest absolute Gasteiger partial charge is 0.224 e. The molecule has 0 saturated carbocycles. The van der Waals surface area contributed by atoms with E-state index in [4.69, 9.17) is 0 Å². The van der Waals surface area contributed by atoms with Gasteiger partial charge in [-0.1, -0.05) is 22.6 Å². The fraction of sp³-hybridized carbons (Fsp3) is 1.00. The summed E-state index contributed by atoms with van der Waals surface area (Å²) in [5.74, 6) is 0. The summed E-state index contributed by atoms with van der Waals surface area (Å²) in [5, 5.41) is 0. The van der Waals surface area contributed by atoms with E-state index in [1.807, 2.05) is 0 Å². The summed E-state index contributed by atoms with van der Waals surface area (Å²) in [4.78, 5) is 0. The van der Waals surface area contributed by atoms with Crippen molar-refractivity contribution in [3.8, 4) is 0 Å². The molecule has 11 heteroatoms. The molecule has 0 aliphatic rings. The average molecular weight is 392 g/mol. The third-order valence-electron chi connectivity index (χ3n) is 1.71. The van der Waals surface area contributed by atoms with Crippen LogP contribution in [0.4, 0.5) is 43.9 Å². The Labute approximate surface area is 101 Å². The Bertz CT molecular complexity index is 245. The van der Waals surface area contributed by atoms with Crippen LogP contribution in [0.25, 0.3) is 0 Å². The van der Waals surface area contributed by atoms with Crippen LogP contribution >= 0.6 is 22.6 Å². The van der Waals surface area contributed by atoms with E-state index >= 15 is 0 Å². The molecule has 0 aliphatic carbocycles. The van der Waals surface area contributed by atoms with Gasteiger partial charge in [-0.3, -0.25) is 0 Å². The van der Waals surface area contributed by atoms with Crippen LogP contribution in [-0.4, -0.2) is 28.1 Å². The molecular weight excluding hydrogens is 389 g/mol. The molecule has 0 aromatic rings. The normalized spacial score (nSPS) is 17.1. The van der Waals surface area contributed by atoms with Crippen LogP contribution < -0.4 is 0 Å². The van der Waals surface area contributed by atoms with Gasteiger partial charge in [0.25, 0.3) is 0 Å². The largest absolute Gasteiger partial charge is 0.431 e. The molecule has 0 heterocycles. The molecular formula is C6H3F10I. The Morgan fingerprint density at radius 3 is 1.18 bits per heavy atom. The van der Waals surface area contributed by atoms with Gasteiger partial charge >= 0.3 is 24.2 Å². The van der Waals surface area contributed by atoms with E-state index in [9.17, 15) is 43.9 Å². The lowest BCUT2D eigenvalue weighted by molar-refractivity contribution is -0.345. The summed E-state index contributed by atoms with van der Waals surface area (Å²) in [7, 11) is 0. The topological polar surface area (TPSA) is 0 Å². The van der Waals surface area contributed by atoms with Crippen LogP contribution in [0.15, 0.2) is 0 Å². The third-order valence-corrected chi connectivity index (χ3v) is 2.86. The van der Waals surface area contributed by atoms with Gasteiger partial charge in [0, 0.05) is 6.42 Å². The van der Waals surface area contributed by atoms with E-state index in [2.05, 4.69) is 0 Å². The fourth-order valence-electron chi connectivity index (χ4n) is 0.755. The summed E-state index contributed by atoms with van der Waals surface area (Å²) < 4.78 is 117. The van der Waals surface area contributed by atoms with Crippen molar-refractivity contribution < 1.29 is 43.9 Å². The molecule has 0 spiro atoms. The highest BCUT2D eigenvalue weighted by Gasteiger charge is 2.73. The summed E-state index contributed by atoms with van der Waals surface area (Å²) in [6.45, 7) is 0. The quantitative estimate of drug-likeness (QED) is 0.367. The van der Waals surface area contributed by atoms with Gasteiger partial charge in [-0.2, -0.15) is 39.5 Å². The number of hydrogen-bond donors (Lipinski definition) is 0. The molecule has 0 fully saturated rings. The lowest BCUT2D eigenvalue weighted by Gasteiger charge is -2.31. The maximum atomic E-state index is 12.8. The van der Waals surface area contributed by atoms with Crippen molar-refractivity contribution in [2.45, 2.75) is 34.5 Å². The minimum absolute atomic E-state index is 0.288. The Balaban J connectivity index is 5.27. The molecule has 0 aromatic carbocycles. The number of hydrogen-bond acceptors (Lipinski definition) is 0. The lowest BCUT2D eigenvalue weighted by atomic mass is 9.98. The van der Waals surface area contributed by atoms with Gasteiger partial charge in [0.1, 0.15) is 3.92 Å². The standard InChI is InChI=1S/C6H3F10I/c7-3(5(11,12)13,6(14,15)16)1-2(17)4(8,9)10/h2H,1H2/t2-/m0/s1. The Morgan fingerprint density at radius 2 is 1.00 bits per heavy atom. The van der Waals surface area contributed by atoms with E-state index in [0.29, 0.717) is 0 Å². The predicted molar refractivity (Wildman–Crippen MR) is 44.4 cm³/mol. The molecule has 104 valence electrons. The molecule has 0 aromatic heterocycles. The van der Waals surface area contributed by atoms with E-state index in [0.717, 1.165) is 0 Å². The minimum atomic E-state index is -6.46. The minimum Gasteiger partial charge on any atom is -0.224 e. The summed E-state index contributed by atoms with van der Waals surface area (Å²) >= 11 is 0.288. The van der Waals surface area contributed by atoms with Crippen molar-refractivity contribution in [2.75, 3.05) is 0 Å². The number of rotatable bonds is 2. The molecule has 0 aliphatic heterocycles. The summed E-state index contributed by atoms with van der Waals surface area (Å²) in [6, 6.07) is 0. The van der Waals surface area contributed by atoms with Gasteiger partial charge in [0.2, 0.25) is 0 Å². The van der Waals surface area contributed by atoms with E-state index in [-0.39, 0.29) is 22.6 Å². The first-order valence-electron chi connectivity index (χ1n) is 3.66. The number of alkyl halides is 11. The van der Waals surface area contributed by atoms with Gasteiger partial charge in [-0.15, -0.1) is 0 Å². The van der Waals surface area contributed by atoms with Gasteiger partial charge in [-0.05, 0) is 0 Å². The van der Waals surface area contributed by atoms with Crippen LogP contribution in [0, 0.1) is 0 Å². The molecule has 0 radical (unpaired) electrons. The van der Waals surface area contributed by atoms with Crippen molar-refractivity contribution in [3.05, 3.63) is 0 Å². The highest BCUT2D eigenvalue weighted by Crippen LogP contribution is 2.51. The van der Waals surface area contributed by atoms with Crippen molar-refractivity contribution >= 4 is 22.6 Å². The molecule has 0 N–H and O–H groups in total. The zero-order valence-electron chi connectivity index (χ0n) is 7.44. The number of halogens is 11. The molecule has 17 heavy (non-hydrogen) atoms. The highest BCUT2D eigenvalue weighted by atomic mass is 127. The molecule has 0 bridgehead atoms. The first kappa shape index (κ1) is 17.0. The van der Waals surface area contributed by atoms with Gasteiger partial charge < -0.3 is 0 Å². The van der Waals surface area contributed by atoms with Gasteiger partial charge in [-0.25, -0.2) is 4.39 Å². The van der Waals surface area contributed by atoms with E-state index in [1.165, 1.54) is 0 Å². The van der Waals surface area contributed by atoms with Crippen molar-refractivity contribution in [2.24, 2.45) is 0 Å². The second-order valence-corrected chi connectivity index (χ2v) is 4.51. The van der Waals surface area contributed by atoms with Gasteiger partial charge in [0.05, 0.1) is 0 Å². The lowest BCUT2D eigenvalue weighted by Crippen LogP contribution is -2.55. The van der Waals surface area contributed by atoms with Crippen molar-refractivity contribution in [1.82, 2.24) is 0 Å². The first-order valence-corrected chi connectivity index (χ1v) is 4.90. The molecule has 0 saturated heterocycles. The Morgan fingerprint density at radius 1 is 0.706 bits per heavy atom. The zero-order chi connectivity index (χ0) is 14.3. The Kier molecular flexibility index (Phi) is 4.62. The SMILES string of the molecule is FC(F)(F)[C@@H](I)CC(F)(C(F)(F)F)C(F)(F)F. The van der Waals surface area contributed by atoms with Crippen LogP contribution in [-0.2, 0) is 0 Å². The van der Waals surface area contributed by atoms with Crippen molar-refractivity contribution in [3.63, 3.8) is 0 Å². The predicted octanol–water partition coefficient (Wildman–Crippen LogP) is 4.58. The fourth-order valence-corrected chi connectivity index (χ4v) is 1.36. The highest BCUT2D eigenvalue weighted by molar-refractivity contribution is 14.1. The summed E-state index contributed by atoms with van der Waals surface area (Å²) in [6.07, 6.45) is -21.0. The first-order chi connectivity index (χ1) is 7.13. The Hall–Kier alpha value is 0.0300. The molecule has 0 nitrogen and oxygen atoms in total. The molecule has 0 rings (SSSR count). The second-order valence-electron chi connectivity index (χ2n) is 3.01. The summed E-state index contributed by atoms with van der Waals surface area (Å²) in [5.41, 5.74) is -5.87. The third kappa shape index (κ3) is 3.74. The van der Waals surface area contributed by atoms with Crippen LogP contribution in [0.3, 0.4) is 0 Å². The van der Waals surface area contributed by atoms with Crippen LogP contribution in [0.2, 0.25) is 0 Å². The maximum absolute atomic E-state index is 12.8.